The van der Waals surface area contributed by atoms with E-state index < -0.39 is 12.0 Å². The van der Waals surface area contributed by atoms with Crippen LogP contribution in [0.4, 0.5) is 0 Å². The molecule has 0 aliphatic carbocycles. The van der Waals surface area contributed by atoms with Crippen LogP contribution in [0.2, 0.25) is 0 Å². The first-order chi connectivity index (χ1) is 12.4. The van der Waals surface area contributed by atoms with Crippen molar-refractivity contribution in [1.29, 1.82) is 0 Å². The average molecular weight is 358 g/mol. The van der Waals surface area contributed by atoms with E-state index in [4.69, 9.17) is 4.52 Å². The normalized spacial score (nSPS) is 18.6. The Bertz CT molecular complexity index is 787. The maximum Gasteiger partial charge on any atom is 0.326 e. The first-order valence-electron chi connectivity index (χ1n) is 8.57. The number of rotatable bonds is 6. The number of carbonyl (C=O) groups is 2. The number of nitrogens with zero attached hydrogens (tertiary/aromatic N) is 3. The summed E-state index contributed by atoms with van der Waals surface area (Å²) >= 11 is 0. The monoisotopic (exact) mass is 358 g/mol. The van der Waals surface area contributed by atoms with E-state index in [0.717, 1.165) is 30.5 Å². The number of likely N-dealkylation sites (tertiary alicyclic amines) is 1. The van der Waals surface area contributed by atoms with Gasteiger partial charge >= 0.3 is 5.97 Å². The van der Waals surface area contributed by atoms with Crippen LogP contribution in [-0.2, 0) is 16.0 Å². The Morgan fingerprint density at radius 1 is 1.38 bits per heavy atom. The second kappa shape index (κ2) is 7.65. The van der Waals surface area contributed by atoms with Gasteiger partial charge in [0.15, 0.2) is 5.82 Å². The summed E-state index contributed by atoms with van der Waals surface area (Å²) < 4.78 is 5.11. The molecular weight excluding hydrogens is 336 g/mol. The van der Waals surface area contributed by atoms with Crippen LogP contribution in [0.25, 0.3) is 11.5 Å². The van der Waals surface area contributed by atoms with Crippen LogP contribution in [0, 0.1) is 6.92 Å². The largest absolute Gasteiger partial charge is 0.480 e. The number of benzene rings is 1. The minimum absolute atomic E-state index is 0.209. The average Bonchev–Trinajstić information content (AvgIpc) is 3.23. The molecule has 3 rings (SSSR count). The molecule has 138 valence electrons. The molecule has 2 atom stereocenters. The zero-order valence-corrected chi connectivity index (χ0v) is 14.8. The Morgan fingerprint density at radius 2 is 2.12 bits per heavy atom. The van der Waals surface area contributed by atoms with Gasteiger partial charge < -0.3 is 14.9 Å². The number of nitrogens with one attached hydrogen (secondary N) is 1. The number of carboxylic acids is 1. The van der Waals surface area contributed by atoms with Gasteiger partial charge in [-0.3, -0.25) is 9.69 Å². The molecule has 1 aliphatic heterocycles. The quantitative estimate of drug-likeness (QED) is 0.800. The lowest BCUT2D eigenvalue weighted by molar-refractivity contribution is -0.142. The standard InChI is InChI=1S/C18H22N4O4/c1-11-19-17(26-21-11)13-7-5-12(6-8-13)10-14(18(24)25)20-16(23)15-4-3-9-22(15)2/h5-8,14-15H,3-4,9-10H2,1-2H3,(H,20,23)(H,24,25)/t14-,15-/m0/s1. The predicted octanol–water partition coefficient (Wildman–Crippen LogP) is 1.25. The fourth-order valence-electron chi connectivity index (χ4n) is 3.14. The SMILES string of the molecule is Cc1noc(-c2ccc(C[C@H](NC(=O)[C@@H]3CCCN3C)C(=O)O)cc2)n1. The van der Waals surface area contributed by atoms with Crippen molar-refractivity contribution in [3.63, 3.8) is 0 Å². The molecule has 1 aliphatic rings. The van der Waals surface area contributed by atoms with Crippen molar-refractivity contribution in [2.45, 2.75) is 38.3 Å². The first kappa shape index (κ1) is 18.1. The third-order valence-corrected chi connectivity index (χ3v) is 4.61. The van der Waals surface area contributed by atoms with Gasteiger partial charge in [0, 0.05) is 12.0 Å². The maximum absolute atomic E-state index is 12.4. The highest BCUT2D eigenvalue weighted by molar-refractivity contribution is 5.87. The van der Waals surface area contributed by atoms with E-state index in [1.807, 2.05) is 11.9 Å². The lowest BCUT2D eigenvalue weighted by Crippen LogP contribution is -2.49. The molecule has 1 aromatic heterocycles. The van der Waals surface area contributed by atoms with Crippen LogP contribution in [0.15, 0.2) is 28.8 Å². The fourth-order valence-corrected chi connectivity index (χ4v) is 3.14. The molecule has 1 fully saturated rings. The highest BCUT2D eigenvalue weighted by Gasteiger charge is 2.30. The first-order valence-corrected chi connectivity index (χ1v) is 8.57. The van der Waals surface area contributed by atoms with Gasteiger partial charge in [-0.2, -0.15) is 4.98 Å². The van der Waals surface area contributed by atoms with E-state index in [2.05, 4.69) is 15.5 Å². The van der Waals surface area contributed by atoms with Crippen molar-refractivity contribution < 1.29 is 19.2 Å². The van der Waals surface area contributed by atoms with Gasteiger partial charge in [-0.15, -0.1) is 0 Å². The Kier molecular flexibility index (Phi) is 5.32. The van der Waals surface area contributed by atoms with E-state index in [0.29, 0.717) is 11.7 Å². The van der Waals surface area contributed by atoms with Gasteiger partial charge in [-0.1, -0.05) is 17.3 Å². The lowest BCUT2D eigenvalue weighted by Gasteiger charge is -2.22. The summed E-state index contributed by atoms with van der Waals surface area (Å²) in [5.74, 6) is -0.304. The van der Waals surface area contributed by atoms with Crippen molar-refractivity contribution in [3.05, 3.63) is 35.7 Å². The second-order valence-corrected chi connectivity index (χ2v) is 6.59. The molecule has 0 saturated carbocycles. The number of amides is 1. The number of aliphatic carboxylic acids is 1. The summed E-state index contributed by atoms with van der Waals surface area (Å²) in [5, 5.41) is 15.9. The molecule has 0 radical (unpaired) electrons. The summed E-state index contributed by atoms with van der Waals surface area (Å²) in [6.45, 7) is 2.59. The minimum atomic E-state index is -1.05. The van der Waals surface area contributed by atoms with Gasteiger partial charge in [0.2, 0.25) is 5.91 Å². The van der Waals surface area contributed by atoms with Crippen molar-refractivity contribution in [1.82, 2.24) is 20.4 Å². The number of hydrogen-bond acceptors (Lipinski definition) is 6. The molecule has 2 aromatic rings. The number of aryl methyl sites for hydroxylation is 1. The molecule has 26 heavy (non-hydrogen) atoms. The van der Waals surface area contributed by atoms with Crippen molar-refractivity contribution in [2.75, 3.05) is 13.6 Å². The Labute approximate surface area is 151 Å². The molecule has 2 heterocycles. The van der Waals surface area contributed by atoms with Crippen LogP contribution < -0.4 is 5.32 Å². The lowest BCUT2D eigenvalue weighted by atomic mass is 10.0. The summed E-state index contributed by atoms with van der Waals surface area (Å²) in [7, 11) is 1.88. The van der Waals surface area contributed by atoms with Crippen LogP contribution in [0.1, 0.15) is 24.2 Å². The van der Waals surface area contributed by atoms with Crippen molar-refractivity contribution in [2.24, 2.45) is 0 Å². The van der Waals surface area contributed by atoms with Gasteiger partial charge in [-0.25, -0.2) is 4.79 Å². The van der Waals surface area contributed by atoms with Crippen LogP contribution in [-0.4, -0.2) is 57.7 Å². The number of carbonyl (C=O) groups excluding carboxylic acids is 1. The molecule has 0 bridgehead atoms. The third kappa shape index (κ3) is 4.08. The van der Waals surface area contributed by atoms with Crippen molar-refractivity contribution >= 4 is 11.9 Å². The number of likely N-dealkylation sites (N-methyl/N-ethyl adjacent to an activating group) is 1. The summed E-state index contributed by atoms with van der Waals surface area (Å²) in [6.07, 6.45) is 1.91. The number of carboxylic acid groups (broad SMARTS) is 1. The Hall–Kier alpha value is -2.74. The van der Waals surface area contributed by atoms with E-state index in [-0.39, 0.29) is 18.4 Å². The van der Waals surface area contributed by atoms with E-state index in [1.165, 1.54) is 0 Å². The summed E-state index contributed by atoms with van der Waals surface area (Å²) in [5.41, 5.74) is 1.57. The van der Waals surface area contributed by atoms with Crippen LogP contribution >= 0.6 is 0 Å². The van der Waals surface area contributed by atoms with E-state index in [1.54, 1.807) is 31.2 Å². The molecule has 1 saturated heterocycles. The van der Waals surface area contributed by atoms with Crippen LogP contribution in [0.3, 0.4) is 0 Å². The highest BCUT2D eigenvalue weighted by atomic mass is 16.5. The molecule has 8 heteroatoms. The molecule has 8 nitrogen and oxygen atoms in total. The Balaban J connectivity index is 1.66. The van der Waals surface area contributed by atoms with Gasteiger partial charge in [0.1, 0.15) is 6.04 Å². The van der Waals surface area contributed by atoms with Crippen molar-refractivity contribution in [3.8, 4) is 11.5 Å². The van der Waals surface area contributed by atoms with Gasteiger partial charge in [-0.05, 0) is 51.1 Å². The van der Waals surface area contributed by atoms with E-state index in [9.17, 15) is 14.7 Å². The zero-order chi connectivity index (χ0) is 18.7. The summed E-state index contributed by atoms with van der Waals surface area (Å²) in [6, 6.07) is 5.99. The molecular formula is C18H22N4O4. The topological polar surface area (TPSA) is 109 Å². The second-order valence-electron chi connectivity index (χ2n) is 6.59. The molecule has 0 spiro atoms. The van der Waals surface area contributed by atoms with Gasteiger partial charge in [0.25, 0.3) is 5.89 Å². The minimum Gasteiger partial charge on any atom is -0.480 e. The van der Waals surface area contributed by atoms with Crippen LogP contribution in [0.5, 0.6) is 0 Å². The summed E-state index contributed by atoms with van der Waals surface area (Å²) in [4.78, 5) is 30.0. The Morgan fingerprint density at radius 3 is 2.65 bits per heavy atom. The highest BCUT2D eigenvalue weighted by Crippen LogP contribution is 2.19. The smallest absolute Gasteiger partial charge is 0.326 e. The maximum atomic E-state index is 12.4. The van der Waals surface area contributed by atoms with E-state index >= 15 is 0 Å². The molecule has 2 N–H and O–H groups in total. The fraction of sp³-hybridized carbons (Fsp3) is 0.444. The number of aromatic nitrogens is 2. The molecule has 1 amide bonds. The third-order valence-electron chi connectivity index (χ3n) is 4.61. The zero-order valence-electron chi connectivity index (χ0n) is 14.8. The van der Waals surface area contributed by atoms with Gasteiger partial charge in [0.05, 0.1) is 6.04 Å². The molecule has 1 aromatic carbocycles. The predicted molar refractivity (Wildman–Crippen MR) is 93.4 cm³/mol. The number of hydrogen-bond donors (Lipinski definition) is 2. The molecule has 0 unspecified atom stereocenters.